The first-order valence-corrected chi connectivity index (χ1v) is 8.63. The smallest absolute Gasteiger partial charge is 0.326 e. The van der Waals surface area contributed by atoms with Gasteiger partial charge in [-0.15, -0.1) is 0 Å². The van der Waals surface area contributed by atoms with E-state index in [9.17, 15) is 19.1 Å². The highest BCUT2D eigenvalue weighted by Gasteiger charge is 2.32. The number of rotatable bonds is 8. The van der Waals surface area contributed by atoms with Crippen molar-refractivity contribution in [2.45, 2.75) is 38.3 Å². The number of unbranched alkanes of at least 4 members (excludes halogenated alkanes) is 1. The van der Waals surface area contributed by atoms with Crippen LogP contribution in [-0.4, -0.2) is 54.2 Å². The average Bonchev–Trinajstić information content (AvgIpc) is 2.59. The van der Waals surface area contributed by atoms with Gasteiger partial charge in [-0.05, 0) is 24.1 Å². The minimum atomic E-state index is -1.05. The number of nitrogens with zero attached hydrogens (tertiary/aromatic N) is 1. The summed E-state index contributed by atoms with van der Waals surface area (Å²) in [7, 11) is 0. The standard InChI is InChI=1S/C18H25FN2O4/c1-2-3-7-15(18(23)24)20-17(22)16(21-8-10-25-11-9-21)13-5-4-6-14(19)12-13/h4-6,12,15-16H,2-3,7-11H2,1H3,(H,20,22)(H,23,24). The molecule has 0 aromatic heterocycles. The highest BCUT2D eigenvalue weighted by molar-refractivity contribution is 5.87. The van der Waals surface area contributed by atoms with Gasteiger partial charge in [-0.1, -0.05) is 31.9 Å². The number of amides is 1. The highest BCUT2D eigenvalue weighted by Crippen LogP contribution is 2.23. The number of carbonyl (C=O) groups excluding carboxylic acids is 1. The molecule has 1 amide bonds. The van der Waals surface area contributed by atoms with Gasteiger partial charge in [0.25, 0.3) is 0 Å². The van der Waals surface area contributed by atoms with Gasteiger partial charge in [-0.3, -0.25) is 9.69 Å². The zero-order valence-corrected chi connectivity index (χ0v) is 14.4. The summed E-state index contributed by atoms with van der Waals surface area (Å²) in [5.41, 5.74) is 0.513. The molecule has 25 heavy (non-hydrogen) atoms. The number of aliphatic carboxylic acids is 1. The lowest BCUT2D eigenvalue weighted by atomic mass is 10.0. The van der Waals surface area contributed by atoms with E-state index in [0.29, 0.717) is 44.7 Å². The summed E-state index contributed by atoms with van der Waals surface area (Å²) >= 11 is 0. The number of hydrogen-bond acceptors (Lipinski definition) is 4. The third kappa shape index (κ3) is 5.51. The number of ether oxygens (including phenoxy) is 1. The first-order valence-electron chi connectivity index (χ1n) is 8.63. The lowest BCUT2D eigenvalue weighted by molar-refractivity contribution is -0.143. The number of hydrogen-bond donors (Lipinski definition) is 2. The van der Waals surface area contributed by atoms with E-state index in [4.69, 9.17) is 4.74 Å². The molecule has 0 bridgehead atoms. The Morgan fingerprint density at radius 1 is 1.36 bits per heavy atom. The molecule has 0 radical (unpaired) electrons. The van der Waals surface area contributed by atoms with Gasteiger partial charge >= 0.3 is 5.97 Å². The SMILES string of the molecule is CCCCC(NC(=O)C(c1cccc(F)c1)N1CCOCC1)C(=O)O. The lowest BCUT2D eigenvalue weighted by Gasteiger charge is -2.34. The van der Waals surface area contributed by atoms with Crippen molar-refractivity contribution in [3.8, 4) is 0 Å². The minimum Gasteiger partial charge on any atom is -0.480 e. The fourth-order valence-corrected chi connectivity index (χ4v) is 2.96. The Kier molecular flexibility index (Phi) is 7.33. The molecule has 2 atom stereocenters. The summed E-state index contributed by atoms with van der Waals surface area (Å²) in [5, 5.41) is 12.0. The summed E-state index contributed by atoms with van der Waals surface area (Å²) < 4.78 is 19.0. The Morgan fingerprint density at radius 3 is 2.68 bits per heavy atom. The summed E-state index contributed by atoms with van der Waals surface area (Å²) in [6.45, 7) is 3.99. The number of carboxylic acids is 1. The predicted octanol–water partition coefficient (Wildman–Crippen LogP) is 1.96. The quantitative estimate of drug-likeness (QED) is 0.748. The number of morpholine rings is 1. The van der Waals surface area contributed by atoms with Gasteiger partial charge in [0, 0.05) is 13.1 Å². The number of carboxylic acid groups (broad SMARTS) is 1. The van der Waals surface area contributed by atoms with Crippen LogP contribution in [-0.2, 0) is 14.3 Å². The molecule has 1 saturated heterocycles. The number of halogens is 1. The molecular formula is C18H25FN2O4. The van der Waals surface area contributed by atoms with Crippen molar-refractivity contribution in [1.82, 2.24) is 10.2 Å². The Balaban J connectivity index is 2.21. The molecule has 138 valence electrons. The van der Waals surface area contributed by atoms with Gasteiger partial charge in [0.2, 0.25) is 5.91 Å². The van der Waals surface area contributed by atoms with Crippen LogP contribution in [0, 0.1) is 5.82 Å². The van der Waals surface area contributed by atoms with Crippen LogP contribution in [0.15, 0.2) is 24.3 Å². The number of carbonyl (C=O) groups is 2. The van der Waals surface area contributed by atoms with E-state index in [0.717, 1.165) is 6.42 Å². The minimum absolute atomic E-state index is 0.372. The van der Waals surface area contributed by atoms with Gasteiger partial charge in [-0.25, -0.2) is 9.18 Å². The van der Waals surface area contributed by atoms with E-state index in [1.807, 2.05) is 11.8 Å². The van der Waals surface area contributed by atoms with Crippen molar-refractivity contribution >= 4 is 11.9 Å². The summed E-state index contributed by atoms with van der Waals surface area (Å²) in [4.78, 5) is 26.2. The van der Waals surface area contributed by atoms with E-state index in [1.165, 1.54) is 12.1 Å². The molecule has 1 aliphatic heterocycles. The maximum atomic E-state index is 13.6. The first kappa shape index (κ1) is 19.3. The van der Waals surface area contributed by atoms with Crippen molar-refractivity contribution in [2.24, 2.45) is 0 Å². The Morgan fingerprint density at radius 2 is 2.08 bits per heavy atom. The predicted molar refractivity (Wildman–Crippen MR) is 90.6 cm³/mol. The van der Waals surface area contributed by atoms with Crippen LogP contribution in [0.4, 0.5) is 4.39 Å². The lowest BCUT2D eigenvalue weighted by Crippen LogP contribution is -2.49. The zero-order chi connectivity index (χ0) is 18.2. The normalized spacial score (nSPS) is 17.7. The second-order valence-electron chi connectivity index (χ2n) is 6.15. The second kappa shape index (κ2) is 9.48. The van der Waals surface area contributed by atoms with Crippen LogP contribution in [0.1, 0.15) is 37.8 Å². The Labute approximate surface area is 147 Å². The van der Waals surface area contributed by atoms with Crippen molar-refractivity contribution in [1.29, 1.82) is 0 Å². The van der Waals surface area contributed by atoms with E-state index in [2.05, 4.69) is 5.32 Å². The third-order valence-electron chi connectivity index (χ3n) is 4.28. The van der Waals surface area contributed by atoms with Crippen LogP contribution < -0.4 is 5.32 Å². The fourth-order valence-electron chi connectivity index (χ4n) is 2.96. The summed E-state index contributed by atoms with van der Waals surface area (Å²) in [6.07, 6.45) is 1.92. The molecule has 1 aromatic rings. The van der Waals surface area contributed by atoms with Crippen LogP contribution in [0.3, 0.4) is 0 Å². The van der Waals surface area contributed by atoms with Crippen molar-refractivity contribution in [2.75, 3.05) is 26.3 Å². The van der Waals surface area contributed by atoms with Crippen LogP contribution in [0.2, 0.25) is 0 Å². The van der Waals surface area contributed by atoms with Gasteiger partial charge in [0.05, 0.1) is 13.2 Å². The molecule has 0 saturated carbocycles. The maximum Gasteiger partial charge on any atom is 0.326 e. The number of nitrogens with one attached hydrogen (secondary N) is 1. The second-order valence-corrected chi connectivity index (χ2v) is 6.15. The van der Waals surface area contributed by atoms with E-state index in [-0.39, 0.29) is 0 Å². The fraction of sp³-hybridized carbons (Fsp3) is 0.556. The largest absolute Gasteiger partial charge is 0.480 e. The van der Waals surface area contributed by atoms with Gasteiger partial charge < -0.3 is 15.2 Å². The molecule has 2 N–H and O–H groups in total. The molecule has 2 unspecified atom stereocenters. The molecule has 0 aliphatic carbocycles. The van der Waals surface area contributed by atoms with Crippen molar-refractivity contribution < 1.29 is 23.8 Å². The molecule has 2 rings (SSSR count). The average molecular weight is 352 g/mol. The van der Waals surface area contributed by atoms with E-state index in [1.54, 1.807) is 12.1 Å². The molecule has 1 fully saturated rings. The van der Waals surface area contributed by atoms with Crippen LogP contribution >= 0.6 is 0 Å². The summed E-state index contributed by atoms with van der Waals surface area (Å²) in [6, 6.07) is 4.20. The Hall–Kier alpha value is -1.99. The highest BCUT2D eigenvalue weighted by atomic mass is 19.1. The molecule has 0 spiro atoms. The Bertz CT molecular complexity index is 590. The molecule has 7 heteroatoms. The van der Waals surface area contributed by atoms with E-state index >= 15 is 0 Å². The van der Waals surface area contributed by atoms with Crippen LogP contribution in [0.5, 0.6) is 0 Å². The monoisotopic (exact) mass is 352 g/mol. The maximum absolute atomic E-state index is 13.6. The van der Waals surface area contributed by atoms with Gasteiger partial charge in [0.1, 0.15) is 17.9 Å². The van der Waals surface area contributed by atoms with Crippen molar-refractivity contribution in [3.05, 3.63) is 35.6 Å². The van der Waals surface area contributed by atoms with Gasteiger partial charge in [0.15, 0.2) is 0 Å². The first-order chi connectivity index (χ1) is 12.0. The number of benzene rings is 1. The molecule has 6 nitrogen and oxygen atoms in total. The molecule has 1 heterocycles. The molecule has 1 aromatic carbocycles. The molecule has 1 aliphatic rings. The van der Waals surface area contributed by atoms with Gasteiger partial charge in [-0.2, -0.15) is 0 Å². The van der Waals surface area contributed by atoms with Crippen LogP contribution in [0.25, 0.3) is 0 Å². The third-order valence-corrected chi connectivity index (χ3v) is 4.28. The zero-order valence-electron chi connectivity index (χ0n) is 14.4. The topological polar surface area (TPSA) is 78.9 Å². The van der Waals surface area contributed by atoms with Crippen molar-refractivity contribution in [3.63, 3.8) is 0 Å². The summed E-state index contributed by atoms with van der Waals surface area (Å²) in [5.74, 6) is -1.90. The van der Waals surface area contributed by atoms with E-state index < -0.39 is 29.8 Å². The molecular weight excluding hydrogens is 327 g/mol.